The normalized spacial score (nSPS) is 14.3. The van der Waals surface area contributed by atoms with E-state index in [9.17, 15) is 0 Å². The van der Waals surface area contributed by atoms with Crippen LogP contribution in [0, 0.1) is 6.57 Å². The summed E-state index contributed by atoms with van der Waals surface area (Å²) in [5, 5.41) is 6.06. The summed E-state index contributed by atoms with van der Waals surface area (Å²) in [5.74, 6) is 1.20. The summed E-state index contributed by atoms with van der Waals surface area (Å²) in [5.41, 5.74) is 3.87. The summed E-state index contributed by atoms with van der Waals surface area (Å²) in [6, 6.07) is 13.9. The summed E-state index contributed by atoms with van der Waals surface area (Å²) in [7, 11) is 0. The number of benzene rings is 1. The van der Waals surface area contributed by atoms with Crippen LogP contribution in [0.5, 0.6) is 0 Å². The highest BCUT2D eigenvalue weighted by atomic mass is 35.5. The third-order valence-corrected chi connectivity index (χ3v) is 5.06. The van der Waals surface area contributed by atoms with Gasteiger partial charge in [-0.2, -0.15) is 11.3 Å². The van der Waals surface area contributed by atoms with Crippen LogP contribution in [-0.4, -0.2) is 11.2 Å². The molecule has 0 unspecified atom stereocenters. The second-order valence-electron chi connectivity index (χ2n) is 5.69. The molecule has 0 spiro atoms. The van der Waals surface area contributed by atoms with E-state index in [0.29, 0.717) is 16.8 Å². The minimum absolute atomic E-state index is 0.399. The standard InChI is InChI=1S/C20H14ClN4S/c1-22-25-18(8-7-14-9-10-26-13-14)23-12-16-11-17(19(21)24-20(16)25)15-5-3-2-4-6-15/h1-6,8-13H,7H2/q+1. The minimum Gasteiger partial charge on any atom is -0.232 e. The number of aromatic nitrogens is 1. The Hall–Kier alpha value is -2.94. The Morgan fingerprint density at radius 1 is 1.23 bits per heavy atom. The first-order valence-electron chi connectivity index (χ1n) is 7.98. The summed E-state index contributed by atoms with van der Waals surface area (Å²) in [6.07, 6.45) is 4.48. The maximum atomic E-state index is 6.44. The molecule has 0 fully saturated rings. The number of hydrogen-bond donors (Lipinski definition) is 0. The lowest BCUT2D eigenvalue weighted by Crippen LogP contribution is -2.19. The van der Waals surface area contributed by atoms with Crippen molar-refractivity contribution in [3.05, 3.63) is 86.4 Å². The van der Waals surface area contributed by atoms with Gasteiger partial charge in [-0.1, -0.05) is 41.9 Å². The molecule has 1 aromatic carbocycles. The van der Waals surface area contributed by atoms with Gasteiger partial charge in [0.25, 0.3) is 0 Å². The van der Waals surface area contributed by atoms with E-state index >= 15 is 0 Å². The molecular weight excluding hydrogens is 364 g/mol. The molecule has 0 radical (unpaired) electrons. The Kier molecular flexibility index (Phi) is 4.53. The maximum absolute atomic E-state index is 6.44. The van der Waals surface area contributed by atoms with Crippen molar-refractivity contribution in [3.63, 3.8) is 0 Å². The molecule has 26 heavy (non-hydrogen) atoms. The molecule has 0 bridgehead atoms. The molecule has 3 heterocycles. The zero-order valence-corrected chi connectivity index (χ0v) is 15.3. The third kappa shape index (κ3) is 3.13. The maximum Gasteiger partial charge on any atom is 0.305 e. The van der Waals surface area contributed by atoms with Crippen molar-refractivity contribution in [2.24, 2.45) is 4.99 Å². The molecule has 1 aliphatic rings. The lowest BCUT2D eigenvalue weighted by Gasteiger charge is -2.15. The summed E-state index contributed by atoms with van der Waals surface area (Å²) >= 11 is 8.10. The second kappa shape index (κ2) is 7.12. The average Bonchev–Trinajstić information content (AvgIpc) is 3.19. The minimum atomic E-state index is 0.399. The number of pyridine rings is 1. The Labute approximate surface area is 160 Å². The van der Waals surface area contributed by atoms with Gasteiger partial charge < -0.3 is 0 Å². The Bertz CT molecular complexity index is 1030. The SMILES string of the molecule is C#[N+]N1C(=CCc2ccsc2)N=Cc2cc(-c3ccccc3)c(Cl)nc21. The van der Waals surface area contributed by atoms with Crippen molar-refractivity contribution in [1.82, 2.24) is 4.98 Å². The van der Waals surface area contributed by atoms with Crippen LogP contribution in [0.2, 0.25) is 5.15 Å². The molecule has 0 aliphatic carbocycles. The third-order valence-electron chi connectivity index (χ3n) is 4.04. The summed E-state index contributed by atoms with van der Waals surface area (Å²) in [6.45, 7) is 5.61. The van der Waals surface area contributed by atoms with Gasteiger partial charge in [0.1, 0.15) is 5.15 Å². The van der Waals surface area contributed by atoms with Crippen molar-refractivity contribution in [3.8, 4) is 17.7 Å². The van der Waals surface area contributed by atoms with E-state index in [4.69, 9.17) is 18.2 Å². The van der Waals surface area contributed by atoms with Crippen LogP contribution in [-0.2, 0) is 6.42 Å². The van der Waals surface area contributed by atoms with Gasteiger partial charge in [-0.15, -0.1) is 0 Å². The summed E-state index contributed by atoms with van der Waals surface area (Å²) in [4.78, 5) is 12.9. The zero-order valence-electron chi connectivity index (χ0n) is 13.7. The van der Waals surface area contributed by atoms with Gasteiger partial charge in [0.2, 0.25) is 11.6 Å². The van der Waals surface area contributed by atoms with Gasteiger partial charge >= 0.3 is 6.57 Å². The highest BCUT2D eigenvalue weighted by Crippen LogP contribution is 2.34. The zero-order chi connectivity index (χ0) is 17.9. The van der Waals surface area contributed by atoms with Crippen LogP contribution < -0.4 is 5.01 Å². The molecule has 0 atom stereocenters. The van der Waals surface area contributed by atoms with Crippen LogP contribution >= 0.6 is 22.9 Å². The van der Waals surface area contributed by atoms with Gasteiger partial charge in [0, 0.05) is 22.4 Å². The van der Waals surface area contributed by atoms with Crippen molar-refractivity contribution in [1.29, 1.82) is 0 Å². The lowest BCUT2D eigenvalue weighted by atomic mass is 10.1. The smallest absolute Gasteiger partial charge is 0.232 e. The van der Waals surface area contributed by atoms with E-state index in [1.54, 1.807) is 17.6 Å². The van der Waals surface area contributed by atoms with Crippen LogP contribution in [0.15, 0.2) is 70.1 Å². The molecule has 0 amide bonds. The first-order chi connectivity index (χ1) is 12.8. The predicted octanol–water partition coefficient (Wildman–Crippen LogP) is 5.66. The van der Waals surface area contributed by atoms with Crippen LogP contribution in [0.3, 0.4) is 0 Å². The van der Waals surface area contributed by atoms with Crippen LogP contribution in [0.1, 0.15) is 11.1 Å². The van der Waals surface area contributed by atoms with Gasteiger partial charge in [-0.25, -0.2) is 9.98 Å². The number of nitrogens with zero attached hydrogens (tertiary/aromatic N) is 4. The van der Waals surface area contributed by atoms with Gasteiger partial charge in [-0.3, -0.25) is 0 Å². The fourth-order valence-corrected chi connectivity index (χ4v) is 3.68. The Morgan fingerprint density at radius 2 is 2.08 bits per heavy atom. The number of fused-ring (bicyclic) bond motifs is 1. The topological polar surface area (TPSA) is 32.9 Å². The Morgan fingerprint density at radius 3 is 2.81 bits per heavy atom. The second-order valence-corrected chi connectivity index (χ2v) is 6.83. The highest BCUT2D eigenvalue weighted by molar-refractivity contribution is 7.07. The van der Waals surface area contributed by atoms with E-state index < -0.39 is 0 Å². The van der Waals surface area contributed by atoms with Crippen molar-refractivity contribution < 1.29 is 0 Å². The molecule has 2 aromatic heterocycles. The van der Waals surface area contributed by atoms with E-state index in [1.165, 1.54) is 10.6 Å². The number of allylic oxidation sites excluding steroid dienone is 1. The Balaban J connectivity index is 1.72. The van der Waals surface area contributed by atoms with Crippen molar-refractivity contribution >= 4 is 35.0 Å². The molecule has 0 N–H and O–H groups in total. The molecule has 0 saturated carbocycles. The van der Waals surface area contributed by atoms with Gasteiger partial charge in [0.15, 0.2) is 0 Å². The summed E-state index contributed by atoms with van der Waals surface area (Å²) < 4.78 is 0. The molecule has 4 nitrogen and oxygen atoms in total. The van der Waals surface area contributed by atoms with E-state index in [2.05, 4.69) is 26.4 Å². The fraction of sp³-hybridized carbons (Fsp3) is 0.0500. The highest BCUT2D eigenvalue weighted by Gasteiger charge is 2.29. The molecule has 126 valence electrons. The lowest BCUT2D eigenvalue weighted by molar-refractivity contribution is 1.03. The van der Waals surface area contributed by atoms with Crippen molar-refractivity contribution in [2.75, 3.05) is 5.01 Å². The van der Waals surface area contributed by atoms with Crippen LogP contribution in [0.4, 0.5) is 5.82 Å². The number of rotatable bonds is 3. The number of thiophene rings is 1. The van der Waals surface area contributed by atoms with E-state index in [0.717, 1.165) is 23.1 Å². The monoisotopic (exact) mass is 377 g/mol. The van der Waals surface area contributed by atoms with Gasteiger partial charge in [-0.05, 0) is 46.5 Å². The molecular formula is C20H14ClN4S+. The van der Waals surface area contributed by atoms with Crippen LogP contribution in [0.25, 0.3) is 16.1 Å². The van der Waals surface area contributed by atoms with E-state index in [1.807, 2.05) is 47.9 Å². The number of anilines is 1. The number of aliphatic imine (C=N–C) groups is 1. The van der Waals surface area contributed by atoms with E-state index in [-0.39, 0.29) is 0 Å². The van der Waals surface area contributed by atoms with Gasteiger partial charge in [0.05, 0.1) is 4.95 Å². The van der Waals surface area contributed by atoms with Crippen molar-refractivity contribution in [2.45, 2.75) is 6.42 Å². The number of halogens is 1. The quantitative estimate of drug-likeness (QED) is 0.551. The first kappa shape index (κ1) is 16.5. The average molecular weight is 378 g/mol. The number of hydrogen-bond acceptors (Lipinski definition) is 4. The molecule has 4 rings (SSSR count). The largest absolute Gasteiger partial charge is 0.305 e. The molecule has 0 saturated heterocycles. The molecule has 6 heteroatoms. The fourth-order valence-electron chi connectivity index (χ4n) is 2.75. The molecule has 3 aromatic rings. The molecule has 1 aliphatic heterocycles. The first-order valence-corrected chi connectivity index (χ1v) is 9.30. The predicted molar refractivity (Wildman–Crippen MR) is 109 cm³/mol.